The fraction of sp³-hybridized carbons (Fsp3) is 0.571. The van der Waals surface area contributed by atoms with Gasteiger partial charge in [-0.1, -0.05) is 13.8 Å². The van der Waals surface area contributed by atoms with Crippen LogP contribution in [0.2, 0.25) is 0 Å². The molecule has 2 amide bonds. The van der Waals surface area contributed by atoms with Gasteiger partial charge in [0.25, 0.3) is 5.91 Å². The van der Waals surface area contributed by atoms with E-state index >= 15 is 0 Å². The number of ether oxygens (including phenoxy) is 1. The van der Waals surface area contributed by atoms with Crippen molar-refractivity contribution in [3.05, 3.63) is 29.3 Å². The van der Waals surface area contributed by atoms with Crippen LogP contribution >= 0.6 is 0 Å². The van der Waals surface area contributed by atoms with Crippen molar-refractivity contribution in [1.82, 2.24) is 10.2 Å². The molecule has 1 aromatic carbocycles. The van der Waals surface area contributed by atoms with Crippen LogP contribution in [-0.4, -0.2) is 72.1 Å². The summed E-state index contributed by atoms with van der Waals surface area (Å²) in [6, 6.07) is 4.85. The molecule has 29 heavy (non-hydrogen) atoms. The first-order valence-electron chi connectivity index (χ1n) is 10.2. The van der Waals surface area contributed by atoms with Crippen LogP contribution in [0.25, 0.3) is 0 Å². The molecule has 1 saturated carbocycles. The van der Waals surface area contributed by atoms with Crippen LogP contribution in [0.5, 0.6) is 5.75 Å². The minimum atomic E-state index is -0.629. The second kappa shape index (κ2) is 13.7. The zero-order valence-electron chi connectivity index (χ0n) is 17.6. The number of benzene rings is 1. The van der Waals surface area contributed by atoms with Gasteiger partial charge in [0, 0.05) is 25.6 Å². The second-order valence-electron chi connectivity index (χ2n) is 6.50. The summed E-state index contributed by atoms with van der Waals surface area (Å²) in [6.07, 6.45) is 4.98. The number of rotatable bonds is 7. The van der Waals surface area contributed by atoms with E-state index in [-0.39, 0.29) is 24.3 Å². The number of hydrogen-bond acceptors (Lipinski definition) is 5. The molecule has 3 N–H and O–H groups in total. The summed E-state index contributed by atoms with van der Waals surface area (Å²) in [4.78, 5) is 37.0. The SMILES string of the molecule is CC.CNC(=O)C(CCC=O)N1Cc2cc(OC3CCC3)ccc2C1=O.N[CH2][Pb]. The van der Waals surface area contributed by atoms with Crippen molar-refractivity contribution < 1.29 is 19.1 Å². The summed E-state index contributed by atoms with van der Waals surface area (Å²) in [7, 11) is 1.54. The molecule has 0 saturated heterocycles. The molecule has 159 valence electrons. The number of nitrogens with one attached hydrogen (secondary N) is 1. The molecular formula is C21H32N3O4Pb. The van der Waals surface area contributed by atoms with E-state index < -0.39 is 6.04 Å². The molecule has 2 aliphatic rings. The third-order valence-electron chi connectivity index (χ3n) is 4.75. The number of nitrogens with two attached hydrogens (primary N) is 1. The van der Waals surface area contributed by atoms with Crippen LogP contribution in [0.3, 0.4) is 0 Å². The number of hydrogen-bond donors (Lipinski definition) is 2. The van der Waals surface area contributed by atoms with E-state index in [2.05, 4.69) is 5.32 Å². The Balaban J connectivity index is 0.000000771. The van der Waals surface area contributed by atoms with Crippen molar-refractivity contribution in [2.24, 2.45) is 5.73 Å². The minimum absolute atomic E-state index is 0.167. The summed E-state index contributed by atoms with van der Waals surface area (Å²) in [6.45, 7) is 4.37. The second-order valence-corrected chi connectivity index (χ2v) is 8.09. The molecule has 1 heterocycles. The van der Waals surface area contributed by atoms with E-state index in [0.29, 0.717) is 18.5 Å². The van der Waals surface area contributed by atoms with Crippen LogP contribution in [0.4, 0.5) is 0 Å². The molecule has 8 heteroatoms. The summed E-state index contributed by atoms with van der Waals surface area (Å²) < 4.78 is 6.77. The molecule has 3 radical (unpaired) electrons. The molecule has 7 nitrogen and oxygen atoms in total. The van der Waals surface area contributed by atoms with Crippen LogP contribution in [0.15, 0.2) is 18.2 Å². The Morgan fingerprint density at radius 1 is 1.41 bits per heavy atom. The number of likely N-dealkylation sites (N-methyl/N-ethyl adjacent to an activating group) is 1. The van der Waals surface area contributed by atoms with E-state index in [9.17, 15) is 14.4 Å². The number of carbonyl (C=O) groups excluding carboxylic acids is 3. The Hall–Kier alpha value is -1.49. The third-order valence-corrected chi connectivity index (χ3v) is 4.75. The van der Waals surface area contributed by atoms with Gasteiger partial charge in [-0.15, -0.1) is 0 Å². The van der Waals surface area contributed by atoms with Gasteiger partial charge in [0.05, 0.1) is 6.10 Å². The molecule has 1 aliphatic carbocycles. The van der Waals surface area contributed by atoms with Crippen molar-refractivity contribution >= 4 is 43.9 Å². The molecule has 1 unspecified atom stereocenters. The van der Waals surface area contributed by atoms with E-state index in [1.54, 1.807) is 11.0 Å². The van der Waals surface area contributed by atoms with Crippen LogP contribution < -0.4 is 15.8 Å². The average Bonchev–Trinajstić information content (AvgIpc) is 3.03. The first-order chi connectivity index (χ1) is 14.0. The quantitative estimate of drug-likeness (QED) is 0.369. The maximum absolute atomic E-state index is 12.6. The van der Waals surface area contributed by atoms with E-state index in [1.165, 1.54) is 13.5 Å². The van der Waals surface area contributed by atoms with Crippen molar-refractivity contribution in [3.8, 4) is 5.75 Å². The summed E-state index contributed by atoms with van der Waals surface area (Å²) in [5, 5.41) is 2.58. The number of fused-ring (bicyclic) bond motifs is 1. The molecule has 0 spiro atoms. The number of nitrogens with zero attached hydrogens (tertiary/aromatic N) is 1. The predicted molar refractivity (Wildman–Crippen MR) is 114 cm³/mol. The third kappa shape index (κ3) is 7.06. The topological polar surface area (TPSA) is 102 Å². The summed E-state index contributed by atoms with van der Waals surface area (Å²) in [5.41, 5.74) is 6.39. The Labute approximate surface area is 189 Å². The van der Waals surface area contributed by atoms with E-state index in [1.807, 2.05) is 26.0 Å². The first-order valence-corrected chi connectivity index (χ1v) is 12.9. The van der Waals surface area contributed by atoms with Gasteiger partial charge in [-0.05, 0) is 49.4 Å². The zero-order chi connectivity index (χ0) is 21.8. The molecule has 1 aromatic rings. The van der Waals surface area contributed by atoms with Gasteiger partial charge in [0.2, 0.25) is 5.91 Å². The molecule has 1 atom stereocenters. The van der Waals surface area contributed by atoms with Gasteiger partial charge >= 0.3 is 35.6 Å². The summed E-state index contributed by atoms with van der Waals surface area (Å²) in [5.74, 6) is 0.362. The zero-order valence-corrected chi connectivity index (χ0v) is 21.5. The van der Waals surface area contributed by atoms with Crippen molar-refractivity contribution in [3.63, 3.8) is 0 Å². The first kappa shape index (κ1) is 25.5. The maximum atomic E-state index is 12.6. The fourth-order valence-corrected chi connectivity index (χ4v) is 3.15. The van der Waals surface area contributed by atoms with Gasteiger partial charge in [-0.25, -0.2) is 0 Å². The number of carbonyl (C=O) groups is 3. The monoisotopic (exact) mass is 598 g/mol. The Morgan fingerprint density at radius 2 is 2.07 bits per heavy atom. The van der Waals surface area contributed by atoms with Gasteiger partial charge < -0.3 is 19.7 Å². The number of amides is 2. The molecule has 3 rings (SSSR count). The Kier molecular flexibility index (Phi) is 12.1. The molecule has 0 bridgehead atoms. The molecule has 0 aromatic heterocycles. The van der Waals surface area contributed by atoms with Crippen molar-refractivity contribution in [2.75, 3.05) is 11.2 Å². The Morgan fingerprint density at radius 3 is 2.59 bits per heavy atom. The standard InChI is InChI=1S/C18H22N2O4.C2H6.CH4N.Pb/c1-19-17(22)16(6-3-9-21)20-11-12-10-14(24-13-4-2-5-13)7-8-15(12)18(20)23;2*1-2;/h7-10,13,16H,2-6,11H2,1H3,(H,19,22);1-2H3;1-2H2;. The number of aldehydes is 1. The van der Waals surface area contributed by atoms with Crippen LogP contribution in [0.1, 0.15) is 61.9 Å². The Bertz CT molecular complexity index is 680. The molecule has 1 fully saturated rings. The van der Waals surface area contributed by atoms with Gasteiger partial charge in [-0.3, -0.25) is 9.59 Å². The molecular weight excluding hydrogens is 565 g/mol. The van der Waals surface area contributed by atoms with Gasteiger partial charge in [0.1, 0.15) is 18.1 Å². The fourth-order valence-electron chi connectivity index (χ4n) is 3.15. The van der Waals surface area contributed by atoms with Gasteiger partial charge in [0.15, 0.2) is 0 Å². The van der Waals surface area contributed by atoms with Crippen LogP contribution in [0, 0.1) is 0 Å². The van der Waals surface area contributed by atoms with Crippen LogP contribution in [-0.2, 0) is 16.1 Å². The predicted octanol–water partition coefficient (Wildman–Crippen LogP) is 1.76. The average molecular weight is 598 g/mol. The van der Waals surface area contributed by atoms with Gasteiger partial charge in [-0.2, -0.15) is 0 Å². The summed E-state index contributed by atoms with van der Waals surface area (Å²) >= 11 is 1.15. The van der Waals surface area contributed by atoms with Crippen molar-refractivity contribution in [2.45, 2.75) is 64.6 Å². The normalized spacial score (nSPS) is 15.6. The van der Waals surface area contributed by atoms with Crippen molar-refractivity contribution in [1.29, 1.82) is 0 Å². The molecule has 1 aliphatic heterocycles. The van der Waals surface area contributed by atoms with E-state index in [4.69, 9.17) is 10.5 Å². The van der Waals surface area contributed by atoms with E-state index in [0.717, 1.165) is 60.3 Å².